The molecule has 0 spiro atoms. The number of rotatable bonds is 5. The lowest BCUT2D eigenvalue weighted by Gasteiger charge is -2.30. The van der Waals surface area contributed by atoms with Crippen molar-refractivity contribution in [3.05, 3.63) is 5.56 Å². The zero-order chi connectivity index (χ0) is 15.4. The Bertz CT molecular complexity index is 491. The van der Waals surface area contributed by atoms with Crippen molar-refractivity contribution in [2.75, 3.05) is 44.3 Å². The predicted octanol–water partition coefficient (Wildman–Crippen LogP) is 0.606. The van der Waals surface area contributed by atoms with Crippen LogP contribution in [-0.4, -0.2) is 60.6 Å². The van der Waals surface area contributed by atoms with Crippen LogP contribution < -0.4 is 16.4 Å². The smallest absolute Gasteiger partial charge is 0.258 e. The summed E-state index contributed by atoms with van der Waals surface area (Å²) in [6, 6.07) is 0.0555. The lowest BCUT2D eigenvalue weighted by molar-refractivity contribution is -0.0117. The van der Waals surface area contributed by atoms with Gasteiger partial charge in [0.05, 0.1) is 12.7 Å². The highest BCUT2D eigenvalue weighted by molar-refractivity contribution is 7.11. The summed E-state index contributed by atoms with van der Waals surface area (Å²) in [5.41, 5.74) is 6.24. The van der Waals surface area contributed by atoms with E-state index in [0.29, 0.717) is 17.1 Å². The second-order valence-corrected chi connectivity index (χ2v) is 6.31. The molecule has 118 valence electrons. The molecule has 1 aromatic rings. The van der Waals surface area contributed by atoms with Crippen LogP contribution in [-0.2, 0) is 4.74 Å². The number of hydrogen-bond acceptors (Lipinski definition) is 7. The molecule has 7 nitrogen and oxygen atoms in total. The van der Waals surface area contributed by atoms with Crippen molar-refractivity contribution in [2.24, 2.45) is 0 Å². The number of morpholine rings is 1. The van der Waals surface area contributed by atoms with Gasteiger partial charge in [-0.25, -0.2) is 0 Å². The summed E-state index contributed by atoms with van der Waals surface area (Å²) in [5.74, 6) is 0.0720. The maximum atomic E-state index is 12.2. The van der Waals surface area contributed by atoms with Crippen LogP contribution in [0.1, 0.15) is 24.2 Å². The van der Waals surface area contributed by atoms with Crippen LogP contribution in [0.2, 0.25) is 0 Å². The van der Waals surface area contributed by atoms with Gasteiger partial charge in [0, 0.05) is 25.7 Å². The number of nitrogens with zero attached hydrogens (tertiary/aromatic N) is 2. The molecule has 1 aromatic heterocycles. The van der Waals surface area contributed by atoms with Gasteiger partial charge in [-0.1, -0.05) is 0 Å². The molecule has 1 aliphatic rings. The van der Waals surface area contributed by atoms with Crippen molar-refractivity contribution in [1.29, 1.82) is 0 Å². The number of ether oxygens (including phenoxy) is 1. The van der Waals surface area contributed by atoms with Crippen LogP contribution in [0.5, 0.6) is 0 Å². The maximum Gasteiger partial charge on any atom is 0.258 e. The van der Waals surface area contributed by atoms with Gasteiger partial charge < -0.3 is 26.0 Å². The van der Waals surface area contributed by atoms with Gasteiger partial charge in [0.15, 0.2) is 5.82 Å². The molecule has 0 radical (unpaired) electrons. The summed E-state index contributed by atoms with van der Waals surface area (Å²) in [5, 5.41) is 6.78. The number of carbonyl (C=O) groups excluding carboxylic acids is 1. The highest BCUT2D eigenvalue weighted by Crippen LogP contribution is 2.27. The lowest BCUT2D eigenvalue weighted by atomic mass is 10.2. The average Bonchev–Trinajstić information content (AvgIpc) is 2.77. The zero-order valence-electron chi connectivity index (χ0n) is 12.7. The SMILES string of the molecule is CC(C)NC(=O)c1c(N)nsc1NCC1CN(C)CCO1. The Morgan fingerprint density at radius 3 is 3.05 bits per heavy atom. The second kappa shape index (κ2) is 7.06. The Morgan fingerprint density at radius 2 is 2.38 bits per heavy atom. The average molecular weight is 313 g/mol. The number of nitrogens with two attached hydrogens (primary N) is 1. The van der Waals surface area contributed by atoms with E-state index >= 15 is 0 Å². The van der Waals surface area contributed by atoms with Gasteiger partial charge in [-0.2, -0.15) is 4.37 Å². The molecule has 1 unspecified atom stereocenters. The van der Waals surface area contributed by atoms with Gasteiger partial charge in [0.25, 0.3) is 5.91 Å². The molecule has 8 heteroatoms. The topological polar surface area (TPSA) is 92.5 Å². The Balaban J connectivity index is 1.98. The number of carbonyl (C=O) groups is 1. The molecule has 2 rings (SSSR count). The molecule has 21 heavy (non-hydrogen) atoms. The number of hydrogen-bond donors (Lipinski definition) is 3. The van der Waals surface area contributed by atoms with Crippen LogP contribution in [0.4, 0.5) is 10.8 Å². The Morgan fingerprint density at radius 1 is 1.62 bits per heavy atom. The molecule has 0 aliphatic carbocycles. The van der Waals surface area contributed by atoms with Crippen LogP contribution in [0, 0.1) is 0 Å². The van der Waals surface area contributed by atoms with E-state index in [9.17, 15) is 4.79 Å². The summed E-state index contributed by atoms with van der Waals surface area (Å²) in [6.45, 7) is 7.00. The third-order valence-corrected chi connectivity index (χ3v) is 4.02. The highest BCUT2D eigenvalue weighted by Gasteiger charge is 2.22. The Kier molecular flexibility index (Phi) is 5.38. The molecular formula is C13H23N5O2S. The molecule has 1 fully saturated rings. The predicted molar refractivity (Wildman–Crippen MR) is 84.9 cm³/mol. The van der Waals surface area contributed by atoms with E-state index < -0.39 is 0 Å². The second-order valence-electron chi connectivity index (χ2n) is 5.54. The van der Waals surface area contributed by atoms with Gasteiger partial charge in [0.1, 0.15) is 10.6 Å². The molecule has 1 atom stereocenters. The fraction of sp³-hybridized carbons (Fsp3) is 0.692. The van der Waals surface area contributed by atoms with Crippen LogP contribution in [0.25, 0.3) is 0 Å². The van der Waals surface area contributed by atoms with E-state index in [2.05, 4.69) is 27.0 Å². The normalized spacial score (nSPS) is 19.7. The monoisotopic (exact) mass is 313 g/mol. The number of anilines is 2. The van der Waals surface area contributed by atoms with Gasteiger partial charge in [-0.05, 0) is 32.4 Å². The summed E-state index contributed by atoms with van der Waals surface area (Å²) >= 11 is 1.20. The highest BCUT2D eigenvalue weighted by atomic mass is 32.1. The van der Waals surface area contributed by atoms with E-state index in [-0.39, 0.29) is 23.9 Å². The summed E-state index contributed by atoms with van der Waals surface area (Å²) in [4.78, 5) is 14.4. The first-order valence-corrected chi connectivity index (χ1v) is 7.84. The van der Waals surface area contributed by atoms with Crippen molar-refractivity contribution in [3.63, 3.8) is 0 Å². The van der Waals surface area contributed by atoms with E-state index in [1.807, 2.05) is 13.8 Å². The van der Waals surface area contributed by atoms with Gasteiger partial charge >= 0.3 is 0 Å². The molecule has 0 saturated carbocycles. The summed E-state index contributed by atoms with van der Waals surface area (Å²) in [6.07, 6.45) is 0.105. The number of amides is 1. The van der Waals surface area contributed by atoms with Crippen molar-refractivity contribution >= 4 is 28.3 Å². The first-order valence-electron chi connectivity index (χ1n) is 7.07. The van der Waals surface area contributed by atoms with Crippen LogP contribution in [0.3, 0.4) is 0 Å². The van der Waals surface area contributed by atoms with Gasteiger partial charge in [-0.3, -0.25) is 4.79 Å². The van der Waals surface area contributed by atoms with Crippen LogP contribution in [0.15, 0.2) is 0 Å². The minimum atomic E-state index is -0.194. The van der Waals surface area contributed by atoms with Crippen LogP contribution >= 0.6 is 11.5 Å². The molecular weight excluding hydrogens is 290 g/mol. The number of nitrogens with one attached hydrogen (secondary N) is 2. The molecule has 0 bridgehead atoms. The third-order valence-electron chi connectivity index (χ3n) is 3.20. The van der Waals surface area contributed by atoms with E-state index in [1.54, 1.807) is 0 Å². The third kappa shape index (κ3) is 4.29. The molecule has 1 aliphatic heterocycles. The van der Waals surface area contributed by atoms with Crippen molar-refractivity contribution in [1.82, 2.24) is 14.6 Å². The largest absolute Gasteiger partial charge is 0.382 e. The lowest BCUT2D eigenvalue weighted by Crippen LogP contribution is -2.43. The number of aromatic nitrogens is 1. The first-order chi connectivity index (χ1) is 9.97. The standard InChI is InChI=1S/C13H23N5O2S/c1-8(2)16-12(19)10-11(14)17-21-13(10)15-6-9-7-18(3)4-5-20-9/h8-9,15H,4-7H2,1-3H3,(H2,14,17)(H,16,19). The van der Waals surface area contributed by atoms with E-state index in [4.69, 9.17) is 10.5 Å². The first kappa shape index (κ1) is 16.0. The Labute approximate surface area is 129 Å². The van der Waals surface area contributed by atoms with Gasteiger partial charge in [-0.15, -0.1) is 0 Å². The van der Waals surface area contributed by atoms with Crippen molar-refractivity contribution in [3.8, 4) is 0 Å². The molecule has 1 saturated heterocycles. The van der Waals surface area contributed by atoms with E-state index in [1.165, 1.54) is 11.5 Å². The van der Waals surface area contributed by atoms with E-state index in [0.717, 1.165) is 19.7 Å². The Hall–Kier alpha value is -1.38. The molecule has 4 N–H and O–H groups in total. The summed E-state index contributed by atoms with van der Waals surface area (Å²) < 4.78 is 9.76. The minimum Gasteiger partial charge on any atom is -0.382 e. The fourth-order valence-corrected chi connectivity index (χ4v) is 2.89. The zero-order valence-corrected chi connectivity index (χ0v) is 13.5. The van der Waals surface area contributed by atoms with Crippen molar-refractivity contribution < 1.29 is 9.53 Å². The van der Waals surface area contributed by atoms with Crippen molar-refractivity contribution in [2.45, 2.75) is 26.0 Å². The molecule has 2 heterocycles. The number of nitrogen functional groups attached to an aromatic ring is 1. The quantitative estimate of drug-likeness (QED) is 0.737. The maximum absolute atomic E-state index is 12.2. The summed E-state index contributed by atoms with van der Waals surface area (Å²) in [7, 11) is 2.07. The van der Waals surface area contributed by atoms with Gasteiger partial charge in [0.2, 0.25) is 0 Å². The number of likely N-dealkylation sites (N-methyl/N-ethyl adjacent to an activating group) is 1. The minimum absolute atomic E-state index is 0.0555. The fourth-order valence-electron chi connectivity index (χ4n) is 2.17. The molecule has 0 aromatic carbocycles. The molecule has 1 amide bonds.